The Morgan fingerprint density at radius 3 is 2.80 bits per heavy atom. The maximum Gasteiger partial charge on any atom is 0.125 e. The number of hydrogen-bond donors (Lipinski definition) is 2. The zero-order valence-corrected chi connectivity index (χ0v) is 12.8. The van der Waals surface area contributed by atoms with E-state index in [-0.39, 0.29) is 11.5 Å². The highest BCUT2D eigenvalue weighted by atomic mass is 16.5. The van der Waals surface area contributed by atoms with Crippen molar-refractivity contribution in [3.05, 3.63) is 23.3 Å². The van der Waals surface area contributed by atoms with Gasteiger partial charge in [-0.05, 0) is 25.5 Å². The summed E-state index contributed by atoms with van der Waals surface area (Å²) < 4.78 is 11.2. The second-order valence-electron chi connectivity index (χ2n) is 5.95. The highest BCUT2D eigenvalue weighted by Gasteiger charge is 2.34. The minimum Gasteiger partial charge on any atom is -0.496 e. The minimum absolute atomic E-state index is 0.175. The van der Waals surface area contributed by atoms with E-state index in [1.54, 1.807) is 7.11 Å². The van der Waals surface area contributed by atoms with Crippen LogP contribution in [0.15, 0.2) is 12.1 Å². The van der Waals surface area contributed by atoms with Crippen molar-refractivity contribution >= 4 is 0 Å². The number of ether oxygens (including phenoxy) is 2. The highest BCUT2D eigenvalue weighted by Crippen LogP contribution is 2.43. The first-order chi connectivity index (χ1) is 9.45. The van der Waals surface area contributed by atoms with Gasteiger partial charge in [0.25, 0.3) is 0 Å². The van der Waals surface area contributed by atoms with Crippen molar-refractivity contribution in [3.63, 3.8) is 0 Å². The molecule has 0 saturated heterocycles. The van der Waals surface area contributed by atoms with Gasteiger partial charge in [-0.15, -0.1) is 0 Å². The maximum atomic E-state index is 10.7. The van der Waals surface area contributed by atoms with Gasteiger partial charge in [0.1, 0.15) is 17.6 Å². The third-order valence-corrected chi connectivity index (χ3v) is 4.48. The molecule has 4 heteroatoms. The Morgan fingerprint density at radius 1 is 1.55 bits per heavy atom. The van der Waals surface area contributed by atoms with E-state index >= 15 is 0 Å². The molecule has 0 aliphatic carbocycles. The lowest BCUT2D eigenvalue weighted by Crippen LogP contribution is -2.33. The second-order valence-corrected chi connectivity index (χ2v) is 5.95. The molecule has 0 fully saturated rings. The SMILES string of the molecule is CCC(C)(CN)C(O)c1cc2c(cc1OC)CC(C)O2. The van der Waals surface area contributed by atoms with Gasteiger partial charge in [0.05, 0.1) is 13.2 Å². The summed E-state index contributed by atoms with van der Waals surface area (Å²) in [6.07, 6.45) is 1.18. The average molecular weight is 279 g/mol. The fourth-order valence-electron chi connectivity index (χ4n) is 2.67. The smallest absolute Gasteiger partial charge is 0.125 e. The molecule has 3 unspecified atom stereocenters. The van der Waals surface area contributed by atoms with Crippen molar-refractivity contribution in [2.24, 2.45) is 11.1 Å². The molecule has 0 aromatic heterocycles. The fraction of sp³-hybridized carbons (Fsp3) is 0.625. The first-order valence-electron chi connectivity index (χ1n) is 7.20. The van der Waals surface area contributed by atoms with E-state index in [0.29, 0.717) is 12.3 Å². The fourth-order valence-corrected chi connectivity index (χ4v) is 2.67. The zero-order valence-electron chi connectivity index (χ0n) is 12.8. The van der Waals surface area contributed by atoms with Crippen LogP contribution in [-0.4, -0.2) is 24.9 Å². The maximum absolute atomic E-state index is 10.7. The summed E-state index contributed by atoms with van der Waals surface area (Å²) in [6.45, 7) is 6.49. The van der Waals surface area contributed by atoms with Crippen LogP contribution >= 0.6 is 0 Å². The van der Waals surface area contributed by atoms with Crippen molar-refractivity contribution in [3.8, 4) is 11.5 Å². The first-order valence-corrected chi connectivity index (χ1v) is 7.20. The van der Waals surface area contributed by atoms with Crippen molar-refractivity contribution in [1.82, 2.24) is 0 Å². The molecule has 1 aromatic carbocycles. The zero-order chi connectivity index (χ0) is 14.9. The van der Waals surface area contributed by atoms with Gasteiger partial charge in [-0.2, -0.15) is 0 Å². The number of benzene rings is 1. The molecule has 0 spiro atoms. The normalized spacial score (nSPS) is 21.8. The molecule has 0 radical (unpaired) electrons. The first kappa shape index (κ1) is 15.1. The van der Waals surface area contributed by atoms with Gasteiger partial charge in [-0.3, -0.25) is 0 Å². The van der Waals surface area contributed by atoms with Crippen LogP contribution in [0.5, 0.6) is 11.5 Å². The number of aliphatic hydroxyl groups excluding tert-OH is 1. The summed E-state index contributed by atoms with van der Waals surface area (Å²) in [5, 5.41) is 10.7. The Balaban J connectivity index is 2.44. The van der Waals surface area contributed by atoms with Crippen LogP contribution in [0.2, 0.25) is 0 Å². The van der Waals surface area contributed by atoms with Crippen LogP contribution < -0.4 is 15.2 Å². The Hall–Kier alpha value is -1.26. The summed E-state index contributed by atoms with van der Waals surface area (Å²) in [5.41, 5.74) is 7.38. The molecule has 1 aliphatic heterocycles. The average Bonchev–Trinajstić information content (AvgIpc) is 2.83. The van der Waals surface area contributed by atoms with Gasteiger partial charge in [0.15, 0.2) is 0 Å². The van der Waals surface area contributed by atoms with Crippen LogP contribution in [-0.2, 0) is 6.42 Å². The molecule has 0 amide bonds. The predicted octanol–water partition coefficient (Wildman–Crippen LogP) is 2.43. The van der Waals surface area contributed by atoms with Crippen molar-refractivity contribution in [1.29, 1.82) is 0 Å². The lowest BCUT2D eigenvalue weighted by atomic mass is 9.78. The molecule has 2 rings (SSSR count). The highest BCUT2D eigenvalue weighted by molar-refractivity contribution is 5.50. The van der Waals surface area contributed by atoms with Crippen LogP contribution in [0.3, 0.4) is 0 Å². The predicted molar refractivity (Wildman–Crippen MR) is 79.2 cm³/mol. The Labute approximate surface area is 120 Å². The van der Waals surface area contributed by atoms with Gasteiger partial charge >= 0.3 is 0 Å². The number of aliphatic hydroxyl groups is 1. The molecular weight excluding hydrogens is 254 g/mol. The van der Waals surface area contributed by atoms with Gasteiger partial charge < -0.3 is 20.3 Å². The van der Waals surface area contributed by atoms with Crippen molar-refractivity contribution < 1.29 is 14.6 Å². The summed E-state index contributed by atoms with van der Waals surface area (Å²) in [7, 11) is 1.63. The van der Waals surface area contributed by atoms with Gasteiger partial charge in [0, 0.05) is 29.5 Å². The lowest BCUT2D eigenvalue weighted by molar-refractivity contribution is 0.0370. The summed E-state index contributed by atoms with van der Waals surface area (Å²) in [5.74, 6) is 1.56. The van der Waals surface area contributed by atoms with E-state index in [9.17, 15) is 5.11 Å². The Bertz CT molecular complexity index is 483. The molecule has 3 atom stereocenters. The lowest BCUT2D eigenvalue weighted by Gasteiger charge is -2.33. The molecule has 0 saturated carbocycles. The quantitative estimate of drug-likeness (QED) is 0.869. The topological polar surface area (TPSA) is 64.7 Å². The number of rotatable bonds is 5. The summed E-state index contributed by atoms with van der Waals surface area (Å²) in [4.78, 5) is 0. The van der Waals surface area contributed by atoms with Crippen molar-refractivity contribution in [2.45, 2.75) is 45.8 Å². The Kier molecular flexibility index (Phi) is 4.25. The molecule has 1 aromatic rings. The van der Waals surface area contributed by atoms with E-state index in [1.807, 2.05) is 32.9 Å². The van der Waals surface area contributed by atoms with Crippen LogP contribution in [0.25, 0.3) is 0 Å². The molecular formula is C16H25NO3. The van der Waals surface area contributed by atoms with Crippen LogP contribution in [0.4, 0.5) is 0 Å². The second kappa shape index (κ2) is 5.62. The molecule has 112 valence electrons. The standard InChI is InChI=1S/C16H25NO3/c1-5-16(3,9-17)15(18)12-8-13-11(6-10(2)20-13)7-14(12)19-4/h7-8,10,15,18H,5-6,9,17H2,1-4H3. The molecule has 0 bridgehead atoms. The monoisotopic (exact) mass is 279 g/mol. The van der Waals surface area contributed by atoms with Gasteiger partial charge in [-0.25, -0.2) is 0 Å². The van der Waals surface area contributed by atoms with Gasteiger partial charge in [0.2, 0.25) is 0 Å². The van der Waals surface area contributed by atoms with Crippen LogP contribution in [0.1, 0.15) is 44.4 Å². The van der Waals surface area contributed by atoms with E-state index in [0.717, 1.165) is 29.7 Å². The van der Waals surface area contributed by atoms with E-state index in [1.165, 1.54) is 0 Å². The molecule has 1 aliphatic rings. The summed E-state index contributed by atoms with van der Waals surface area (Å²) >= 11 is 0. The molecule has 20 heavy (non-hydrogen) atoms. The van der Waals surface area contributed by atoms with Gasteiger partial charge in [-0.1, -0.05) is 13.8 Å². The molecule has 1 heterocycles. The Morgan fingerprint density at radius 2 is 2.25 bits per heavy atom. The van der Waals surface area contributed by atoms with E-state index in [4.69, 9.17) is 15.2 Å². The van der Waals surface area contributed by atoms with Crippen molar-refractivity contribution in [2.75, 3.05) is 13.7 Å². The number of methoxy groups -OCH3 is 1. The number of nitrogens with two attached hydrogens (primary N) is 1. The number of fused-ring (bicyclic) bond motifs is 1. The third kappa shape index (κ3) is 2.50. The third-order valence-electron chi connectivity index (χ3n) is 4.48. The summed E-state index contributed by atoms with van der Waals surface area (Å²) in [6, 6.07) is 3.88. The number of hydrogen-bond acceptors (Lipinski definition) is 4. The van der Waals surface area contributed by atoms with E-state index < -0.39 is 6.10 Å². The molecule has 3 N–H and O–H groups in total. The van der Waals surface area contributed by atoms with Crippen LogP contribution in [0, 0.1) is 5.41 Å². The minimum atomic E-state index is -0.669. The largest absolute Gasteiger partial charge is 0.496 e. The van der Waals surface area contributed by atoms with E-state index in [2.05, 4.69) is 0 Å². The molecule has 4 nitrogen and oxygen atoms in total.